The van der Waals surface area contributed by atoms with Crippen molar-refractivity contribution in [3.63, 3.8) is 0 Å². The highest BCUT2D eigenvalue weighted by molar-refractivity contribution is 7.92. The minimum Gasteiger partial charge on any atom is -0.497 e. The maximum Gasteiger partial charge on any atom is 0.325 e. The van der Waals surface area contributed by atoms with E-state index in [0.29, 0.717) is 21.1 Å². The Kier molecular flexibility index (Phi) is 7.43. The van der Waals surface area contributed by atoms with Crippen LogP contribution >= 0.6 is 22.9 Å². The lowest BCUT2D eigenvalue weighted by Crippen LogP contribution is -2.22. The predicted octanol–water partition coefficient (Wildman–Crippen LogP) is 4.08. The first kappa shape index (κ1) is 25.4. The van der Waals surface area contributed by atoms with E-state index in [1.165, 1.54) is 67.0 Å². The van der Waals surface area contributed by atoms with Gasteiger partial charge < -0.3 is 14.0 Å². The van der Waals surface area contributed by atoms with E-state index >= 15 is 0 Å². The summed E-state index contributed by atoms with van der Waals surface area (Å²) < 4.78 is 40.0. The Balaban J connectivity index is 1.62. The van der Waals surface area contributed by atoms with Gasteiger partial charge in [-0.1, -0.05) is 22.9 Å². The van der Waals surface area contributed by atoms with Crippen molar-refractivity contribution >= 4 is 60.7 Å². The average molecular weight is 546 g/mol. The van der Waals surface area contributed by atoms with Crippen molar-refractivity contribution in [2.24, 2.45) is 4.99 Å². The molecule has 0 atom stereocenters. The van der Waals surface area contributed by atoms with Crippen LogP contribution < -0.4 is 14.3 Å². The lowest BCUT2D eigenvalue weighted by atomic mass is 10.2. The molecule has 1 amide bonds. The van der Waals surface area contributed by atoms with Gasteiger partial charge in [-0.05, 0) is 66.7 Å². The van der Waals surface area contributed by atoms with Gasteiger partial charge in [-0.25, -0.2) is 8.42 Å². The third kappa shape index (κ3) is 5.59. The molecule has 0 unspecified atom stereocenters. The third-order valence-corrected chi connectivity index (χ3v) is 7.80. The van der Waals surface area contributed by atoms with Crippen LogP contribution in [-0.4, -0.2) is 39.1 Å². The minimum atomic E-state index is -3.82. The van der Waals surface area contributed by atoms with Gasteiger partial charge in [0.1, 0.15) is 12.3 Å². The second kappa shape index (κ2) is 10.5. The van der Waals surface area contributed by atoms with E-state index in [1.807, 2.05) is 0 Å². The van der Waals surface area contributed by atoms with Crippen LogP contribution in [0.5, 0.6) is 5.75 Å². The number of carbonyl (C=O) groups excluding carboxylic acids is 2. The summed E-state index contributed by atoms with van der Waals surface area (Å²) >= 11 is 7.05. The zero-order valence-corrected chi connectivity index (χ0v) is 21.5. The molecule has 0 radical (unpaired) electrons. The number of hydrogen-bond donors (Lipinski definition) is 1. The zero-order valence-electron chi connectivity index (χ0n) is 19.1. The number of anilines is 1. The number of nitrogens with zero attached hydrogens (tertiary/aromatic N) is 2. The van der Waals surface area contributed by atoms with Gasteiger partial charge >= 0.3 is 5.97 Å². The molecule has 9 nitrogen and oxygen atoms in total. The Bertz CT molecular complexity index is 1610. The largest absolute Gasteiger partial charge is 0.497 e. The number of methoxy groups -OCH3 is 2. The van der Waals surface area contributed by atoms with Crippen molar-refractivity contribution < 1.29 is 27.5 Å². The molecular weight excluding hydrogens is 526 g/mol. The topological polar surface area (TPSA) is 116 Å². The van der Waals surface area contributed by atoms with Gasteiger partial charge in [0.25, 0.3) is 15.9 Å². The number of sulfonamides is 1. The number of ether oxygens (including phenoxy) is 2. The average Bonchev–Trinajstić information content (AvgIpc) is 3.19. The molecular formula is C24H20ClN3O6S2. The monoisotopic (exact) mass is 545 g/mol. The van der Waals surface area contributed by atoms with Gasteiger partial charge in [-0.15, -0.1) is 0 Å². The summed E-state index contributed by atoms with van der Waals surface area (Å²) in [6.45, 7) is -0.125. The fourth-order valence-corrected chi connectivity index (χ4v) is 5.51. The van der Waals surface area contributed by atoms with Crippen LogP contribution in [0.3, 0.4) is 0 Å². The number of thiazole rings is 1. The first-order valence-corrected chi connectivity index (χ1v) is 13.1. The second-order valence-electron chi connectivity index (χ2n) is 7.43. The van der Waals surface area contributed by atoms with Gasteiger partial charge in [0.15, 0.2) is 4.80 Å². The molecule has 0 bridgehead atoms. The van der Waals surface area contributed by atoms with Crippen LogP contribution in [0.25, 0.3) is 10.2 Å². The second-order valence-corrected chi connectivity index (χ2v) is 10.6. The van der Waals surface area contributed by atoms with Crippen molar-refractivity contribution in [3.05, 3.63) is 82.1 Å². The molecule has 186 valence electrons. The van der Waals surface area contributed by atoms with Crippen LogP contribution in [0.15, 0.2) is 76.6 Å². The van der Waals surface area contributed by atoms with Gasteiger partial charge in [-0.3, -0.25) is 14.3 Å². The van der Waals surface area contributed by atoms with E-state index in [1.54, 1.807) is 29.9 Å². The first-order chi connectivity index (χ1) is 17.2. The number of carbonyl (C=O) groups is 2. The zero-order chi connectivity index (χ0) is 25.9. The number of aromatic nitrogens is 1. The normalized spacial score (nSPS) is 11.9. The number of hydrogen-bond acceptors (Lipinski definition) is 7. The number of amides is 1. The Morgan fingerprint density at radius 1 is 1.03 bits per heavy atom. The highest BCUT2D eigenvalue weighted by Crippen LogP contribution is 2.24. The van der Waals surface area contributed by atoms with Crippen LogP contribution in [0, 0.1) is 0 Å². The van der Waals surface area contributed by atoms with Crippen LogP contribution in [0.2, 0.25) is 5.02 Å². The molecule has 1 N–H and O–H groups in total. The molecule has 0 aliphatic carbocycles. The molecule has 4 aromatic rings. The van der Waals surface area contributed by atoms with E-state index in [0.717, 1.165) is 4.70 Å². The lowest BCUT2D eigenvalue weighted by Gasteiger charge is -2.08. The van der Waals surface area contributed by atoms with Gasteiger partial charge in [-0.2, -0.15) is 4.99 Å². The quantitative estimate of drug-likeness (QED) is 0.350. The van der Waals surface area contributed by atoms with E-state index < -0.39 is 21.9 Å². The van der Waals surface area contributed by atoms with Crippen molar-refractivity contribution in [3.8, 4) is 5.75 Å². The van der Waals surface area contributed by atoms with Crippen molar-refractivity contribution in [1.82, 2.24) is 4.57 Å². The smallest absolute Gasteiger partial charge is 0.325 e. The molecule has 0 aliphatic heterocycles. The Morgan fingerprint density at radius 2 is 1.72 bits per heavy atom. The maximum absolute atomic E-state index is 12.9. The maximum atomic E-state index is 12.9. The van der Waals surface area contributed by atoms with Gasteiger partial charge in [0.05, 0.1) is 29.3 Å². The molecule has 0 saturated carbocycles. The van der Waals surface area contributed by atoms with Gasteiger partial charge in [0.2, 0.25) is 0 Å². The summed E-state index contributed by atoms with van der Waals surface area (Å²) in [5, 5.41) is 0.422. The van der Waals surface area contributed by atoms with Crippen LogP contribution in [0.4, 0.5) is 5.69 Å². The fourth-order valence-electron chi connectivity index (χ4n) is 3.27. The molecule has 1 heterocycles. The van der Waals surface area contributed by atoms with E-state index in [2.05, 4.69) is 9.71 Å². The van der Waals surface area contributed by atoms with Crippen molar-refractivity contribution in [2.75, 3.05) is 18.9 Å². The summed E-state index contributed by atoms with van der Waals surface area (Å²) in [6.07, 6.45) is 0. The van der Waals surface area contributed by atoms with Crippen molar-refractivity contribution in [2.45, 2.75) is 11.4 Å². The molecule has 1 aromatic heterocycles. The van der Waals surface area contributed by atoms with Crippen LogP contribution in [0.1, 0.15) is 10.4 Å². The molecule has 3 aromatic carbocycles. The Hall–Kier alpha value is -3.67. The number of fused-ring (bicyclic) bond motifs is 1. The molecule has 4 rings (SSSR count). The number of rotatable bonds is 7. The van der Waals surface area contributed by atoms with E-state index in [-0.39, 0.29) is 22.7 Å². The molecule has 0 fully saturated rings. The predicted molar refractivity (Wildman–Crippen MR) is 137 cm³/mol. The molecule has 12 heteroatoms. The van der Waals surface area contributed by atoms with Gasteiger partial charge in [0, 0.05) is 16.3 Å². The summed E-state index contributed by atoms with van der Waals surface area (Å²) in [5.74, 6) is -0.417. The molecule has 0 saturated heterocycles. The summed E-state index contributed by atoms with van der Waals surface area (Å²) in [5.41, 5.74) is 1.21. The third-order valence-electron chi connectivity index (χ3n) is 5.11. The Labute approximate surface area is 215 Å². The van der Waals surface area contributed by atoms with E-state index in [9.17, 15) is 18.0 Å². The summed E-state index contributed by atoms with van der Waals surface area (Å²) in [4.78, 5) is 29.5. The highest BCUT2D eigenvalue weighted by atomic mass is 35.5. The highest BCUT2D eigenvalue weighted by Gasteiger charge is 2.16. The SMILES string of the molecule is COC(=O)Cn1c(=NC(=O)c2ccc(NS(=O)(=O)c3ccc(Cl)cc3)cc2)sc2cc(OC)ccc21. The summed E-state index contributed by atoms with van der Waals surface area (Å²) in [6, 6.07) is 16.9. The van der Waals surface area contributed by atoms with Crippen LogP contribution in [-0.2, 0) is 26.1 Å². The van der Waals surface area contributed by atoms with E-state index in [4.69, 9.17) is 21.1 Å². The number of esters is 1. The number of nitrogens with one attached hydrogen (secondary N) is 1. The Morgan fingerprint density at radius 3 is 2.36 bits per heavy atom. The van der Waals surface area contributed by atoms with Crippen molar-refractivity contribution in [1.29, 1.82) is 0 Å². The summed E-state index contributed by atoms with van der Waals surface area (Å²) in [7, 11) is -0.995. The molecule has 0 aliphatic rings. The lowest BCUT2D eigenvalue weighted by molar-refractivity contribution is -0.141. The standard InChI is InChI=1S/C24H20ClN3O6S2/c1-33-18-9-12-20-21(13-18)35-24(28(20)14-22(29)34-2)26-23(30)15-3-7-17(8-4-15)27-36(31,32)19-10-5-16(25)6-11-19/h3-13,27H,14H2,1-2H3. The molecule has 0 spiro atoms. The minimum absolute atomic E-state index is 0.0543. The molecule has 36 heavy (non-hydrogen) atoms. The number of benzene rings is 3. The first-order valence-electron chi connectivity index (χ1n) is 10.4. The fraction of sp³-hybridized carbons (Fsp3) is 0.125. The number of halogens is 1.